The molecule has 0 aliphatic rings. The lowest BCUT2D eigenvalue weighted by atomic mass is 10.2. The number of aromatic nitrogens is 1. The zero-order valence-corrected chi connectivity index (χ0v) is 14.1. The van der Waals surface area contributed by atoms with Crippen LogP contribution in [0.15, 0.2) is 82.0 Å². The number of aryl methyl sites for hydroxylation is 1. The van der Waals surface area contributed by atoms with Gasteiger partial charge in [0.05, 0.1) is 10.9 Å². The van der Waals surface area contributed by atoms with E-state index >= 15 is 0 Å². The summed E-state index contributed by atoms with van der Waals surface area (Å²) in [6.07, 6.45) is 0. The van der Waals surface area contributed by atoms with Gasteiger partial charge in [-0.25, -0.2) is 4.79 Å². The highest BCUT2D eigenvalue weighted by atomic mass is 16.5. The van der Waals surface area contributed by atoms with Crippen molar-refractivity contribution in [3.8, 4) is 11.5 Å². The monoisotopic (exact) mass is 344 g/mol. The number of para-hydroxylation sites is 1. The minimum Gasteiger partial charge on any atom is -0.457 e. The van der Waals surface area contributed by atoms with E-state index in [1.54, 1.807) is 6.07 Å². The Balaban J connectivity index is 1.55. The Hall–Kier alpha value is -3.60. The second-order valence-electron chi connectivity index (χ2n) is 5.89. The van der Waals surface area contributed by atoms with Crippen LogP contribution in [0.3, 0.4) is 0 Å². The van der Waals surface area contributed by atoms with Crippen LogP contribution >= 0.6 is 0 Å². The van der Waals surface area contributed by atoms with Crippen molar-refractivity contribution in [2.75, 3.05) is 5.32 Å². The Labute approximate surface area is 149 Å². The van der Waals surface area contributed by atoms with Crippen LogP contribution in [0.4, 0.5) is 11.7 Å². The van der Waals surface area contributed by atoms with E-state index in [9.17, 15) is 4.79 Å². The number of hydrogen-bond donors (Lipinski definition) is 1. The van der Waals surface area contributed by atoms with E-state index in [0.29, 0.717) is 16.7 Å². The first-order valence-corrected chi connectivity index (χ1v) is 8.19. The molecule has 1 aromatic heterocycles. The van der Waals surface area contributed by atoms with E-state index in [1.165, 1.54) is 0 Å². The standard InChI is InChI=1S/C21H16N2O3/c1-14-7-12-18-19(13-14)23-21(26-20(18)24)22-15-8-10-17(11-9-15)25-16-5-3-2-4-6-16/h2-13H,1H3,(H,22,23). The summed E-state index contributed by atoms with van der Waals surface area (Å²) in [6, 6.07) is 22.5. The molecule has 0 atom stereocenters. The van der Waals surface area contributed by atoms with Gasteiger partial charge in [-0.1, -0.05) is 24.3 Å². The smallest absolute Gasteiger partial charge is 0.348 e. The molecule has 1 heterocycles. The fourth-order valence-electron chi connectivity index (χ4n) is 2.59. The predicted octanol–water partition coefficient (Wildman–Crippen LogP) is 5.03. The molecule has 0 saturated carbocycles. The van der Waals surface area contributed by atoms with Crippen molar-refractivity contribution in [3.63, 3.8) is 0 Å². The summed E-state index contributed by atoms with van der Waals surface area (Å²) in [5, 5.41) is 3.48. The second-order valence-corrected chi connectivity index (χ2v) is 5.89. The van der Waals surface area contributed by atoms with E-state index in [1.807, 2.05) is 73.7 Å². The molecule has 0 fully saturated rings. The lowest BCUT2D eigenvalue weighted by molar-refractivity contribution is 0.482. The van der Waals surface area contributed by atoms with Crippen molar-refractivity contribution in [1.29, 1.82) is 0 Å². The number of nitrogens with zero attached hydrogens (tertiary/aromatic N) is 1. The van der Waals surface area contributed by atoms with Gasteiger partial charge in [-0.3, -0.25) is 0 Å². The van der Waals surface area contributed by atoms with E-state index in [4.69, 9.17) is 9.15 Å². The number of ether oxygens (including phenoxy) is 1. The predicted molar refractivity (Wildman–Crippen MR) is 101 cm³/mol. The Kier molecular flexibility index (Phi) is 4.11. The lowest BCUT2D eigenvalue weighted by Crippen LogP contribution is -2.05. The molecule has 5 heteroatoms. The van der Waals surface area contributed by atoms with Gasteiger partial charge in [0.2, 0.25) is 0 Å². The highest BCUT2D eigenvalue weighted by Crippen LogP contribution is 2.24. The summed E-state index contributed by atoms with van der Waals surface area (Å²) in [6.45, 7) is 1.95. The molecule has 3 aromatic carbocycles. The molecular formula is C21H16N2O3. The van der Waals surface area contributed by atoms with Crippen LogP contribution in [0.5, 0.6) is 11.5 Å². The highest BCUT2D eigenvalue weighted by molar-refractivity contribution is 5.78. The van der Waals surface area contributed by atoms with Crippen molar-refractivity contribution < 1.29 is 9.15 Å². The van der Waals surface area contributed by atoms with Crippen LogP contribution in [0.1, 0.15) is 5.56 Å². The summed E-state index contributed by atoms with van der Waals surface area (Å²) in [7, 11) is 0. The summed E-state index contributed by atoms with van der Waals surface area (Å²) in [5.74, 6) is 1.48. The molecule has 0 saturated heterocycles. The SMILES string of the molecule is Cc1ccc2c(=O)oc(Nc3ccc(Oc4ccccc4)cc3)nc2c1. The van der Waals surface area contributed by atoms with Crippen LogP contribution in [-0.4, -0.2) is 4.98 Å². The van der Waals surface area contributed by atoms with E-state index in [0.717, 1.165) is 17.0 Å². The average molecular weight is 344 g/mol. The molecule has 0 aliphatic carbocycles. The molecule has 0 radical (unpaired) electrons. The van der Waals surface area contributed by atoms with Crippen molar-refractivity contribution in [2.45, 2.75) is 6.92 Å². The third-order valence-electron chi connectivity index (χ3n) is 3.87. The van der Waals surface area contributed by atoms with Gasteiger partial charge in [0.1, 0.15) is 11.5 Å². The first-order chi connectivity index (χ1) is 12.7. The van der Waals surface area contributed by atoms with Gasteiger partial charge in [-0.15, -0.1) is 0 Å². The Morgan fingerprint density at radius 1 is 0.923 bits per heavy atom. The zero-order valence-electron chi connectivity index (χ0n) is 14.1. The normalized spacial score (nSPS) is 10.7. The van der Waals surface area contributed by atoms with Crippen LogP contribution in [0, 0.1) is 6.92 Å². The van der Waals surface area contributed by atoms with Gasteiger partial charge < -0.3 is 14.5 Å². The molecular weight excluding hydrogens is 328 g/mol. The van der Waals surface area contributed by atoms with Gasteiger partial charge in [0.25, 0.3) is 0 Å². The molecule has 1 N–H and O–H groups in total. The summed E-state index contributed by atoms with van der Waals surface area (Å²) in [5.41, 5.74) is 1.96. The molecule has 0 aliphatic heterocycles. The van der Waals surface area contributed by atoms with Crippen molar-refractivity contribution in [3.05, 3.63) is 88.8 Å². The van der Waals surface area contributed by atoms with Gasteiger partial charge >= 0.3 is 11.6 Å². The van der Waals surface area contributed by atoms with E-state index < -0.39 is 5.63 Å². The largest absolute Gasteiger partial charge is 0.457 e. The summed E-state index contributed by atoms with van der Waals surface area (Å²) in [4.78, 5) is 16.5. The van der Waals surface area contributed by atoms with Crippen LogP contribution in [0.2, 0.25) is 0 Å². The van der Waals surface area contributed by atoms with Crippen molar-refractivity contribution >= 4 is 22.6 Å². The third kappa shape index (κ3) is 3.42. The maximum absolute atomic E-state index is 12.1. The molecule has 128 valence electrons. The molecule has 0 unspecified atom stereocenters. The fourth-order valence-corrected chi connectivity index (χ4v) is 2.59. The van der Waals surface area contributed by atoms with Crippen LogP contribution < -0.4 is 15.7 Å². The number of fused-ring (bicyclic) bond motifs is 1. The van der Waals surface area contributed by atoms with Crippen molar-refractivity contribution in [1.82, 2.24) is 4.98 Å². The van der Waals surface area contributed by atoms with Crippen LogP contribution in [0.25, 0.3) is 10.9 Å². The van der Waals surface area contributed by atoms with Gasteiger partial charge in [-0.2, -0.15) is 4.98 Å². The van der Waals surface area contributed by atoms with Gasteiger partial charge in [0, 0.05) is 5.69 Å². The Morgan fingerprint density at radius 2 is 1.65 bits per heavy atom. The molecule has 4 aromatic rings. The molecule has 5 nitrogen and oxygen atoms in total. The lowest BCUT2D eigenvalue weighted by Gasteiger charge is -2.08. The molecule has 0 bridgehead atoms. The minimum absolute atomic E-state index is 0.157. The maximum atomic E-state index is 12.1. The van der Waals surface area contributed by atoms with Gasteiger partial charge in [-0.05, 0) is 61.0 Å². The molecule has 26 heavy (non-hydrogen) atoms. The fraction of sp³-hybridized carbons (Fsp3) is 0.0476. The highest BCUT2D eigenvalue weighted by Gasteiger charge is 2.07. The Bertz CT molecular complexity index is 1100. The van der Waals surface area contributed by atoms with Crippen molar-refractivity contribution in [2.24, 2.45) is 0 Å². The van der Waals surface area contributed by atoms with E-state index in [-0.39, 0.29) is 6.01 Å². The average Bonchev–Trinajstić information content (AvgIpc) is 2.64. The van der Waals surface area contributed by atoms with Crippen LogP contribution in [-0.2, 0) is 0 Å². The third-order valence-corrected chi connectivity index (χ3v) is 3.87. The minimum atomic E-state index is -0.415. The summed E-state index contributed by atoms with van der Waals surface area (Å²) < 4.78 is 11.0. The summed E-state index contributed by atoms with van der Waals surface area (Å²) >= 11 is 0. The zero-order chi connectivity index (χ0) is 17.9. The second kappa shape index (κ2) is 6.72. The number of nitrogens with one attached hydrogen (secondary N) is 1. The maximum Gasteiger partial charge on any atom is 0.348 e. The number of hydrogen-bond acceptors (Lipinski definition) is 5. The molecule has 0 amide bonds. The molecule has 0 spiro atoms. The quantitative estimate of drug-likeness (QED) is 0.562. The van der Waals surface area contributed by atoms with E-state index in [2.05, 4.69) is 10.3 Å². The number of benzene rings is 3. The Morgan fingerprint density at radius 3 is 2.42 bits per heavy atom. The molecule has 4 rings (SSSR count). The number of anilines is 2. The topological polar surface area (TPSA) is 64.4 Å². The first-order valence-electron chi connectivity index (χ1n) is 8.19. The van der Waals surface area contributed by atoms with Gasteiger partial charge in [0.15, 0.2) is 0 Å². The number of rotatable bonds is 4. The first kappa shape index (κ1) is 15.9.